The Balaban J connectivity index is 2.72. The first kappa shape index (κ1) is 14.9. The predicted molar refractivity (Wildman–Crippen MR) is 65.9 cm³/mol. The third-order valence-electron chi connectivity index (χ3n) is 3.02. The van der Waals surface area contributed by atoms with E-state index in [4.69, 9.17) is 5.11 Å². The van der Waals surface area contributed by atoms with Crippen LogP contribution in [0.4, 0.5) is 0 Å². The molecule has 1 atom stereocenters. The van der Waals surface area contributed by atoms with Crippen LogP contribution in [0.5, 0.6) is 0 Å². The van der Waals surface area contributed by atoms with Crippen LogP contribution in [0.1, 0.15) is 32.6 Å². The summed E-state index contributed by atoms with van der Waals surface area (Å²) in [7, 11) is -3.07. The zero-order valence-electron chi connectivity index (χ0n) is 10.5. The third-order valence-corrected chi connectivity index (χ3v) is 4.77. The van der Waals surface area contributed by atoms with Gasteiger partial charge >= 0.3 is 5.97 Å². The van der Waals surface area contributed by atoms with E-state index in [1.54, 1.807) is 0 Å². The maximum atomic E-state index is 11.8. The van der Waals surface area contributed by atoms with Crippen LogP contribution in [-0.2, 0) is 19.4 Å². The first-order chi connectivity index (χ1) is 8.35. The maximum absolute atomic E-state index is 11.8. The molecule has 1 unspecified atom stereocenters. The molecular weight excluding hydrogens is 258 g/mol. The number of unbranched alkanes of at least 4 members (excludes halogenated alkanes) is 1. The fourth-order valence-corrected chi connectivity index (χ4v) is 3.82. The lowest BCUT2D eigenvalue weighted by Gasteiger charge is -2.27. The molecule has 1 fully saturated rings. The number of carboxylic acid groups (broad SMARTS) is 1. The monoisotopic (exact) mass is 277 g/mol. The highest BCUT2D eigenvalue weighted by atomic mass is 32.2. The van der Waals surface area contributed by atoms with Crippen LogP contribution in [-0.4, -0.2) is 54.4 Å². The average Bonchev–Trinajstić information content (AvgIpc) is 2.58. The summed E-state index contributed by atoms with van der Waals surface area (Å²) >= 11 is 0. The fourth-order valence-electron chi connectivity index (χ4n) is 2.09. The van der Waals surface area contributed by atoms with Gasteiger partial charge in [-0.15, -0.1) is 0 Å². The van der Waals surface area contributed by atoms with E-state index in [9.17, 15) is 18.0 Å². The number of nitrogens with zero attached hydrogens (tertiary/aromatic N) is 1. The molecule has 0 aromatic carbocycles. The average molecular weight is 277 g/mol. The molecule has 1 amide bonds. The second-order valence-electron chi connectivity index (χ2n) is 4.57. The van der Waals surface area contributed by atoms with E-state index in [1.807, 2.05) is 6.92 Å². The van der Waals surface area contributed by atoms with Crippen molar-refractivity contribution in [3.8, 4) is 0 Å². The summed E-state index contributed by atoms with van der Waals surface area (Å²) in [6.07, 6.45) is 1.47. The molecule has 18 heavy (non-hydrogen) atoms. The highest BCUT2D eigenvalue weighted by Crippen LogP contribution is 2.19. The van der Waals surface area contributed by atoms with Crippen LogP contribution in [0.2, 0.25) is 0 Å². The second kappa shape index (κ2) is 6.17. The molecule has 1 rings (SSSR count). The van der Waals surface area contributed by atoms with Crippen molar-refractivity contribution in [1.82, 2.24) is 4.90 Å². The van der Waals surface area contributed by atoms with Gasteiger partial charge in [0, 0.05) is 12.6 Å². The van der Waals surface area contributed by atoms with Crippen LogP contribution < -0.4 is 0 Å². The number of amides is 1. The number of rotatable bonds is 6. The minimum absolute atomic E-state index is 0.0396. The Morgan fingerprint density at radius 1 is 1.39 bits per heavy atom. The third kappa shape index (κ3) is 4.29. The van der Waals surface area contributed by atoms with Gasteiger partial charge in [0.05, 0.1) is 11.5 Å². The van der Waals surface area contributed by atoms with Gasteiger partial charge in [-0.1, -0.05) is 13.3 Å². The predicted octanol–water partition coefficient (Wildman–Crippen LogP) is 0.277. The lowest BCUT2D eigenvalue weighted by molar-refractivity contribution is -0.145. The van der Waals surface area contributed by atoms with E-state index in [2.05, 4.69) is 0 Å². The Hall–Kier alpha value is -1.11. The molecule has 1 aliphatic heterocycles. The van der Waals surface area contributed by atoms with E-state index in [0.717, 1.165) is 12.8 Å². The first-order valence-electron chi connectivity index (χ1n) is 6.07. The standard InChI is InChI=1S/C11H19NO5S/c1-2-3-5-12(10(13)7-11(14)15)9-4-6-18(16,17)8-9/h9H,2-8H2,1H3,(H,14,15). The van der Waals surface area contributed by atoms with Crippen molar-refractivity contribution in [2.75, 3.05) is 18.1 Å². The van der Waals surface area contributed by atoms with Crippen molar-refractivity contribution in [2.45, 2.75) is 38.6 Å². The van der Waals surface area contributed by atoms with Gasteiger partial charge in [0.15, 0.2) is 9.84 Å². The van der Waals surface area contributed by atoms with Gasteiger partial charge in [0.25, 0.3) is 0 Å². The van der Waals surface area contributed by atoms with Crippen molar-refractivity contribution in [1.29, 1.82) is 0 Å². The van der Waals surface area contributed by atoms with Gasteiger partial charge < -0.3 is 10.0 Å². The van der Waals surface area contributed by atoms with E-state index >= 15 is 0 Å². The number of hydrogen-bond donors (Lipinski definition) is 1. The zero-order chi connectivity index (χ0) is 13.8. The maximum Gasteiger partial charge on any atom is 0.312 e. The molecule has 0 bridgehead atoms. The quantitative estimate of drug-likeness (QED) is 0.704. The topological polar surface area (TPSA) is 91.8 Å². The van der Waals surface area contributed by atoms with Gasteiger partial charge in [0.2, 0.25) is 5.91 Å². The molecule has 1 aliphatic rings. The van der Waals surface area contributed by atoms with E-state index in [1.165, 1.54) is 4.90 Å². The van der Waals surface area contributed by atoms with Crippen molar-refractivity contribution in [3.05, 3.63) is 0 Å². The van der Waals surface area contributed by atoms with Gasteiger partial charge in [0.1, 0.15) is 6.42 Å². The first-order valence-corrected chi connectivity index (χ1v) is 7.89. The Labute approximate surface area is 107 Å². The normalized spacial score (nSPS) is 21.7. The summed E-state index contributed by atoms with van der Waals surface area (Å²) in [5.74, 6) is -1.62. The number of carbonyl (C=O) groups is 2. The lowest BCUT2D eigenvalue weighted by atomic mass is 10.2. The molecule has 0 saturated carbocycles. The van der Waals surface area contributed by atoms with Gasteiger partial charge in [-0.2, -0.15) is 0 Å². The van der Waals surface area contributed by atoms with Crippen LogP contribution >= 0.6 is 0 Å². The SMILES string of the molecule is CCCCN(C(=O)CC(=O)O)C1CCS(=O)(=O)C1. The number of sulfone groups is 1. The Morgan fingerprint density at radius 3 is 2.50 bits per heavy atom. The van der Waals surface area contributed by atoms with Gasteiger partial charge in [-0.3, -0.25) is 9.59 Å². The summed E-state index contributed by atoms with van der Waals surface area (Å²) in [4.78, 5) is 23.8. The fraction of sp³-hybridized carbons (Fsp3) is 0.818. The number of aliphatic carboxylic acids is 1. The Bertz CT molecular complexity index is 417. The number of carboxylic acids is 1. The second-order valence-corrected chi connectivity index (χ2v) is 6.80. The Morgan fingerprint density at radius 2 is 2.06 bits per heavy atom. The van der Waals surface area contributed by atoms with E-state index in [-0.39, 0.29) is 17.5 Å². The van der Waals surface area contributed by atoms with Crippen LogP contribution in [0.15, 0.2) is 0 Å². The molecular formula is C11H19NO5S. The van der Waals surface area contributed by atoms with Crippen molar-refractivity contribution in [3.63, 3.8) is 0 Å². The van der Waals surface area contributed by atoms with E-state index < -0.39 is 28.1 Å². The van der Waals surface area contributed by atoms with Gasteiger partial charge in [-0.05, 0) is 12.8 Å². The molecule has 0 radical (unpaired) electrons. The molecule has 0 aliphatic carbocycles. The molecule has 0 spiro atoms. The van der Waals surface area contributed by atoms with Crippen molar-refractivity contribution < 1.29 is 23.1 Å². The van der Waals surface area contributed by atoms with Crippen LogP contribution in [0.25, 0.3) is 0 Å². The largest absolute Gasteiger partial charge is 0.481 e. The molecule has 0 aromatic heterocycles. The molecule has 7 heteroatoms. The number of hydrogen-bond acceptors (Lipinski definition) is 4. The summed E-state index contributed by atoms with van der Waals surface area (Å²) in [5.41, 5.74) is 0. The molecule has 1 saturated heterocycles. The van der Waals surface area contributed by atoms with E-state index in [0.29, 0.717) is 13.0 Å². The zero-order valence-corrected chi connectivity index (χ0v) is 11.3. The molecule has 1 heterocycles. The van der Waals surface area contributed by atoms with Gasteiger partial charge in [-0.25, -0.2) is 8.42 Å². The number of carbonyl (C=O) groups excluding carboxylic acids is 1. The lowest BCUT2D eigenvalue weighted by Crippen LogP contribution is -2.42. The van der Waals surface area contributed by atoms with Crippen LogP contribution in [0.3, 0.4) is 0 Å². The summed E-state index contributed by atoms with van der Waals surface area (Å²) < 4.78 is 22.8. The van der Waals surface area contributed by atoms with Crippen molar-refractivity contribution in [2.24, 2.45) is 0 Å². The molecule has 1 N–H and O–H groups in total. The van der Waals surface area contributed by atoms with Crippen molar-refractivity contribution >= 4 is 21.7 Å². The minimum Gasteiger partial charge on any atom is -0.481 e. The molecule has 6 nitrogen and oxygen atoms in total. The Kier molecular flexibility index (Phi) is 5.13. The summed E-state index contributed by atoms with van der Waals surface area (Å²) in [6.45, 7) is 2.40. The molecule has 104 valence electrons. The minimum atomic E-state index is -3.07. The molecule has 0 aromatic rings. The summed E-state index contributed by atoms with van der Waals surface area (Å²) in [6, 6.07) is -0.353. The van der Waals surface area contributed by atoms with Crippen LogP contribution in [0, 0.1) is 0 Å². The summed E-state index contributed by atoms with van der Waals surface area (Å²) in [5, 5.41) is 8.64. The highest BCUT2D eigenvalue weighted by molar-refractivity contribution is 7.91. The highest BCUT2D eigenvalue weighted by Gasteiger charge is 2.34. The smallest absolute Gasteiger partial charge is 0.312 e.